The van der Waals surface area contributed by atoms with E-state index in [-0.39, 0.29) is 23.1 Å². The van der Waals surface area contributed by atoms with Gasteiger partial charge in [0.05, 0.1) is 29.5 Å². The van der Waals surface area contributed by atoms with Gasteiger partial charge >= 0.3 is 0 Å². The number of rotatable bonds is 6. The molecule has 0 unspecified atom stereocenters. The van der Waals surface area contributed by atoms with E-state index < -0.39 is 0 Å². The van der Waals surface area contributed by atoms with Crippen LogP contribution in [0.1, 0.15) is 64.7 Å². The van der Waals surface area contributed by atoms with Crippen molar-refractivity contribution in [3.05, 3.63) is 89.1 Å². The molecule has 3 heterocycles. The zero-order valence-electron chi connectivity index (χ0n) is 19.9. The van der Waals surface area contributed by atoms with Crippen LogP contribution in [0.25, 0.3) is 0 Å². The second kappa shape index (κ2) is 9.09. The molecule has 2 amide bonds. The topological polar surface area (TPSA) is 66.7 Å². The molecule has 6 heteroatoms. The average molecular weight is 458 g/mol. The number of hydrogen-bond donors (Lipinski definition) is 0. The average Bonchev–Trinajstić information content (AvgIpc) is 3.53. The minimum atomic E-state index is -0.328. The lowest BCUT2D eigenvalue weighted by Gasteiger charge is -2.35. The first kappa shape index (κ1) is 22.4. The fourth-order valence-corrected chi connectivity index (χ4v) is 5.15. The molecule has 1 saturated carbocycles. The summed E-state index contributed by atoms with van der Waals surface area (Å²) in [5, 5.41) is 0. The summed E-state index contributed by atoms with van der Waals surface area (Å²) in [5.74, 6) is 1.10. The third kappa shape index (κ3) is 4.25. The molecule has 2 fully saturated rings. The van der Waals surface area contributed by atoms with Gasteiger partial charge in [0.2, 0.25) is 5.91 Å². The second-order valence-corrected chi connectivity index (χ2v) is 9.64. The van der Waals surface area contributed by atoms with Crippen molar-refractivity contribution in [3.63, 3.8) is 0 Å². The molecule has 3 aromatic rings. The van der Waals surface area contributed by atoms with Gasteiger partial charge in [0.15, 0.2) is 0 Å². The molecule has 0 bridgehead atoms. The Labute approximate surface area is 200 Å². The smallest absolute Gasteiger partial charge is 0.255 e. The normalized spacial score (nSPS) is 17.4. The van der Waals surface area contributed by atoms with Crippen LogP contribution in [0.4, 0.5) is 0 Å². The maximum atomic E-state index is 13.4. The Morgan fingerprint density at radius 2 is 1.79 bits per heavy atom. The number of likely N-dealkylation sites (tertiary alicyclic amines) is 1. The van der Waals surface area contributed by atoms with Crippen LogP contribution in [-0.2, 0) is 16.8 Å². The molecule has 0 radical (unpaired) electrons. The van der Waals surface area contributed by atoms with Gasteiger partial charge in [-0.3, -0.25) is 14.6 Å². The summed E-state index contributed by atoms with van der Waals surface area (Å²) >= 11 is 0. The molecule has 1 aromatic carbocycles. The Hall–Kier alpha value is -3.41. The largest absolute Gasteiger partial charge is 0.467 e. The van der Waals surface area contributed by atoms with E-state index in [1.165, 1.54) is 0 Å². The number of pyridine rings is 1. The molecule has 0 atom stereocenters. The third-order valence-electron chi connectivity index (χ3n) is 7.27. The Morgan fingerprint density at radius 3 is 2.44 bits per heavy atom. The maximum Gasteiger partial charge on any atom is 0.255 e. The van der Waals surface area contributed by atoms with Gasteiger partial charge in [0.1, 0.15) is 5.76 Å². The number of furan rings is 1. The van der Waals surface area contributed by atoms with Crippen LogP contribution in [0, 0.1) is 6.92 Å². The summed E-state index contributed by atoms with van der Waals surface area (Å²) in [5.41, 5.74) is 3.21. The quantitative estimate of drug-likeness (QED) is 0.538. The van der Waals surface area contributed by atoms with E-state index in [2.05, 4.69) is 12.1 Å². The van der Waals surface area contributed by atoms with E-state index in [0.29, 0.717) is 25.2 Å². The van der Waals surface area contributed by atoms with E-state index in [0.717, 1.165) is 48.4 Å². The van der Waals surface area contributed by atoms with Crippen LogP contribution in [0.5, 0.6) is 0 Å². The Kier molecular flexibility index (Phi) is 5.98. The summed E-state index contributed by atoms with van der Waals surface area (Å²) in [6.07, 6.45) is 5.10. The highest BCUT2D eigenvalue weighted by molar-refractivity contribution is 5.95. The molecule has 176 valence electrons. The molecule has 1 aliphatic carbocycles. The highest BCUT2D eigenvalue weighted by Gasteiger charge is 2.53. The number of piperidine rings is 1. The van der Waals surface area contributed by atoms with E-state index >= 15 is 0 Å². The molecule has 0 spiro atoms. The number of aromatic nitrogens is 1. The van der Waals surface area contributed by atoms with E-state index in [4.69, 9.17) is 9.40 Å². The number of benzene rings is 1. The summed E-state index contributed by atoms with van der Waals surface area (Å²) < 4.78 is 5.41. The Morgan fingerprint density at radius 1 is 1.06 bits per heavy atom. The Bertz CT molecular complexity index is 1160. The van der Waals surface area contributed by atoms with Gasteiger partial charge in [-0.05, 0) is 62.4 Å². The predicted octanol–water partition coefficient (Wildman–Crippen LogP) is 4.69. The summed E-state index contributed by atoms with van der Waals surface area (Å²) in [4.78, 5) is 35.2. The molecular weight excluding hydrogens is 426 g/mol. The third-order valence-corrected chi connectivity index (χ3v) is 7.27. The van der Waals surface area contributed by atoms with Gasteiger partial charge < -0.3 is 14.2 Å². The molecule has 34 heavy (non-hydrogen) atoms. The first-order valence-corrected chi connectivity index (χ1v) is 12.1. The van der Waals surface area contributed by atoms with E-state index in [1.54, 1.807) is 18.2 Å². The minimum Gasteiger partial charge on any atom is -0.467 e. The monoisotopic (exact) mass is 457 g/mol. The number of carbonyl (C=O) groups excluding carboxylic acids is 2. The van der Waals surface area contributed by atoms with Crippen molar-refractivity contribution < 1.29 is 14.0 Å². The van der Waals surface area contributed by atoms with Crippen molar-refractivity contribution in [2.45, 2.75) is 50.5 Å². The molecule has 6 nitrogen and oxygen atoms in total. The number of hydrogen-bond acceptors (Lipinski definition) is 4. The molecule has 2 aliphatic rings. The lowest BCUT2D eigenvalue weighted by Crippen LogP contribution is -2.44. The second-order valence-electron chi connectivity index (χ2n) is 9.64. The van der Waals surface area contributed by atoms with Gasteiger partial charge in [-0.25, -0.2) is 0 Å². The van der Waals surface area contributed by atoms with Gasteiger partial charge in [0, 0.05) is 31.7 Å². The predicted molar refractivity (Wildman–Crippen MR) is 129 cm³/mol. The standard InChI is InChI=1S/C28H31N3O3/c1-20-10-11-24(26(32)30(2)19-23-9-6-18-34-23)25(29-20)21-12-16-31(17-13-21)27(33)28(14-15-28)22-7-4-3-5-8-22/h3-11,18,21H,12-17,19H2,1-2H3. The van der Waals surface area contributed by atoms with Crippen LogP contribution < -0.4 is 0 Å². The number of nitrogens with zero attached hydrogens (tertiary/aromatic N) is 3. The van der Waals surface area contributed by atoms with Crippen LogP contribution in [0.15, 0.2) is 65.3 Å². The van der Waals surface area contributed by atoms with Gasteiger partial charge in [0.25, 0.3) is 5.91 Å². The van der Waals surface area contributed by atoms with Crippen LogP contribution >= 0.6 is 0 Å². The lowest BCUT2D eigenvalue weighted by molar-refractivity contribution is -0.135. The van der Waals surface area contributed by atoms with Crippen LogP contribution in [-0.4, -0.2) is 46.7 Å². The van der Waals surface area contributed by atoms with Crippen molar-refractivity contribution in [1.29, 1.82) is 0 Å². The van der Waals surface area contributed by atoms with Crippen molar-refractivity contribution in [1.82, 2.24) is 14.8 Å². The number of amides is 2. The molecule has 2 aromatic heterocycles. The highest BCUT2D eigenvalue weighted by Crippen LogP contribution is 2.50. The van der Waals surface area contributed by atoms with Crippen LogP contribution in [0.3, 0.4) is 0 Å². The molecular formula is C28H31N3O3. The summed E-state index contributed by atoms with van der Waals surface area (Å²) in [7, 11) is 1.79. The van der Waals surface area contributed by atoms with E-state index in [1.807, 2.05) is 54.3 Å². The SMILES string of the molecule is Cc1ccc(C(=O)N(C)Cc2ccco2)c(C2CCN(C(=O)C3(c4ccccc4)CC3)CC2)n1. The van der Waals surface area contributed by atoms with Crippen molar-refractivity contribution in [2.75, 3.05) is 20.1 Å². The molecule has 1 aliphatic heterocycles. The summed E-state index contributed by atoms with van der Waals surface area (Å²) in [6, 6.07) is 17.7. The first-order valence-electron chi connectivity index (χ1n) is 12.1. The lowest BCUT2D eigenvalue weighted by atomic mass is 9.88. The Balaban J connectivity index is 1.29. The highest BCUT2D eigenvalue weighted by atomic mass is 16.3. The van der Waals surface area contributed by atoms with Gasteiger partial charge in [-0.2, -0.15) is 0 Å². The number of carbonyl (C=O) groups is 2. The molecule has 1 saturated heterocycles. The van der Waals surface area contributed by atoms with Gasteiger partial charge in [-0.15, -0.1) is 0 Å². The van der Waals surface area contributed by atoms with Crippen LogP contribution in [0.2, 0.25) is 0 Å². The first-order chi connectivity index (χ1) is 16.5. The molecule has 5 rings (SSSR count). The maximum absolute atomic E-state index is 13.4. The zero-order valence-corrected chi connectivity index (χ0v) is 19.9. The van der Waals surface area contributed by atoms with Crippen molar-refractivity contribution in [3.8, 4) is 0 Å². The fraction of sp³-hybridized carbons (Fsp3) is 0.393. The van der Waals surface area contributed by atoms with Gasteiger partial charge in [-0.1, -0.05) is 30.3 Å². The zero-order chi connectivity index (χ0) is 23.7. The molecule has 0 N–H and O–H groups in total. The van der Waals surface area contributed by atoms with Crippen molar-refractivity contribution in [2.24, 2.45) is 0 Å². The fourth-order valence-electron chi connectivity index (χ4n) is 5.15. The minimum absolute atomic E-state index is 0.0570. The van der Waals surface area contributed by atoms with E-state index in [9.17, 15) is 9.59 Å². The summed E-state index contributed by atoms with van der Waals surface area (Å²) in [6.45, 7) is 3.76. The number of aryl methyl sites for hydroxylation is 1. The van der Waals surface area contributed by atoms with Crippen molar-refractivity contribution >= 4 is 11.8 Å².